The van der Waals surface area contributed by atoms with Crippen molar-refractivity contribution >= 4 is 16.7 Å². The Hall–Kier alpha value is -3.27. The van der Waals surface area contributed by atoms with Gasteiger partial charge in [-0.05, 0) is 38.1 Å². The maximum atomic E-state index is 5.67. The summed E-state index contributed by atoms with van der Waals surface area (Å²) in [7, 11) is 1.71. The van der Waals surface area contributed by atoms with Crippen LogP contribution < -0.4 is 10.1 Å². The van der Waals surface area contributed by atoms with E-state index in [9.17, 15) is 0 Å². The number of methoxy groups -OCH3 is 1. The summed E-state index contributed by atoms with van der Waals surface area (Å²) in [4.78, 5) is 8.16. The molecule has 136 valence electrons. The van der Waals surface area contributed by atoms with E-state index in [0.29, 0.717) is 0 Å². The molecule has 0 saturated carbocycles. The second-order valence-corrected chi connectivity index (χ2v) is 6.69. The Labute approximate surface area is 159 Å². The molecule has 0 amide bonds. The molecule has 4 heteroatoms. The van der Waals surface area contributed by atoms with E-state index in [2.05, 4.69) is 52.5 Å². The summed E-state index contributed by atoms with van der Waals surface area (Å²) in [6.07, 6.45) is 0. The zero-order chi connectivity index (χ0) is 18.8. The first-order chi connectivity index (χ1) is 13.2. The number of para-hydroxylation sites is 2. The Kier molecular flexibility index (Phi) is 4.55. The van der Waals surface area contributed by atoms with Crippen LogP contribution in [0.25, 0.3) is 10.9 Å². The highest BCUT2D eigenvalue weighted by atomic mass is 16.5. The maximum absolute atomic E-state index is 5.67. The van der Waals surface area contributed by atoms with E-state index in [0.717, 1.165) is 34.0 Å². The highest BCUT2D eigenvalue weighted by molar-refractivity contribution is 5.86. The second kappa shape index (κ2) is 7.16. The molecule has 0 radical (unpaired) electrons. The zero-order valence-corrected chi connectivity index (χ0v) is 15.8. The van der Waals surface area contributed by atoms with Crippen LogP contribution in [0.5, 0.6) is 5.75 Å². The van der Waals surface area contributed by atoms with Crippen molar-refractivity contribution < 1.29 is 4.74 Å². The van der Waals surface area contributed by atoms with Gasteiger partial charge in [0.05, 0.1) is 13.2 Å². The van der Waals surface area contributed by atoms with Crippen molar-refractivity contribution in [1.82, 2.24) is 9.97 Å². The van der Waals surface area contributed by atoms with Gasteiger partial charge in [0.2, 0.25) is 0 Å². The molecule has 2 aromatic carbocycles. The van der Waals surface area contributed by atoms with Gasteiger partial charge in [0.15, 0.2) is 0 Å². The van der Waals surface area contributed by atoms with E-state index in [1.54, 1.807) is 7.11 Å². The van der Waals surface area contributed by atoms with Crippen molar-refractivity contribution in [2.75, 3.05) is 12.4 Å². The summed E-state index contributed by atoms with van der Waals surface area (Å²) < 4.78 is 5.67. The Morgan fingerprint density at radius 3 is 2.52 bits per heavy atom. The molecule has 0 fully saturated rings. The number of fused-ring (bicyclic) bond motifs is 1. The van der Waals surface area contributed by atoms with Crippen LogP contribution in [0, 0.1) is 13.8 Å². The quantitative estimate of drug-likeness (QED) is 0.503. The van der Waals surface area contributed by atoms with Crippen LogP contribution in [0.4, 0.5) is 5.82 Å². The number of ether oxygens (including phenoxy) is 1. The third-order valence-electron chi connectivity index (χ3n) is 4.86. The molecule has 0 aliphatic carbocycles. The lowest BCUT2D eigenvalue weighted by molar-refractivity contribution is 0.408. The molecular weight excluding hydrogens is 334 g/mol. The minimum absolute atomic E-state index is 0.0911. The van der Waals surface area contributed by atoms with Gasteiger partial charge in [-0.15, -0.1) is 0 Å². The summed E-state index contributed by atoms with van der Waals surface area (Å²) >= 11 is 0. The van der Waals surface area contributed by atoms with Crippen LogP contribution in [-0.2, 0) is 0 Å². The molecular formula is C23H23N3O. The summed E-state index contributed by atoms with van der Waals surface area (Å²) in [5.74, 6) is 1.70. The number of aromatic amines is 1. The van der Waals surface area contributed by atoms with E-state index < -0.39 is 0 Å². The molecule has 0 saturated heterocycles. The number of nitrogens with zero attached hydrogens (tertiary/aromatic N) is 1. The van der Waals surface area contributed by atoms with Gasteiger partial charge in [-0.2, -0.15) is 0 Å². The maximum Gasteiger partial charge on any atom is 0.126 e. The minimum Gasteiger partial charge on any atom is -0.496 e. The fourth-order valence-corrected chi connectivity index (χ4v) is 3.65. The van der Waals surface area contributed by atoms with Crippen LogP contribution in [0.3, 0.4) is 0 Å². The van der Waals surface area contributed by atoms with E-state index in [4.69, 9.17) is 4.74 Å². The van der Waals surface area contributed by atoms with Crippen LogP contribution in [0.2, 0.25) is 0 Å². The lowest BCUT2D eigenvalue weighted by atomic mass is 9.95. The summed E-state index contributed by atoms with van der Waals surface area (Å²) in [6, 6.07) is 22.5. The van der Waals surface area contributed by atoms with E-state index in [-0.39, 0.29) is 6.04 Å². The van der Waals surface area contributed by atoms with Crippen molar-refractivity contribution in [3.05, 3.63) is 89.2 Å². The zero-order valence-electron chi connectivity index (χ0n) is 15.8. The lowest BCUT2D eigenvalue weighted by Crippen LogP contribution is -2.15. The van der Waals surface area contributed by atoms with Gasteiger partial charge < -0.3 is 15.0 Å². The molecule has 1 atom stereocenters. The molecule has 2 aromatic heterocycles. The largest absolute Gasteiger partial charge is 0.496 e. The smallest absolute Gasteiger partial charge is 0.126 e. The fourth-order valence-electron chi connectivity index (χ4n) is 3.65. The average molecular weight is 357 g/mol. The standard InChI is InChI=1S/C23H23N3O/c1-15-9-8-14-21(24-15)26-23(18-11-5-7-13-20(18)27-3)22-16(2)25-19-12-6-4-10-17(19)22/h4-14,23,25H,1-3H3,(H,24,26)/t23-/m1/s1. The molecule has 0 unspecified atom stereocenters. The topological polar surface area (TPSA) is 49.9 Å². The van der Waals surface area contributed by atoms with Crippen LogP contribution in [0.1, 0.15) is 28.6 Å². The number of hydrogen-bond acceptors (Lipinski definition) is 3. The van der Waals surface area contributed by atoms with Crippen molar-refractivity contribution in [2.24, 2.45) is 0 Å². The molecule has 0 bridgehead atoms. The average Bonchev–Trinajstić information content (AvgIpc) is 3.02. The Morgan fingerprint density at radius 2 is 1.70 bits per heavy atom. The summed E-state index contributed by atoms with van der Waals surface area (Å²) in [5, 5.41) is 4.84. The van der Waals surface area contributed by atoms with Gasteiger partial charge in [-0.1, -0.05) is 42.5 Å². The molecule has 27 heavy (non-hydrogen) atoms. The number of rotatable bonds is 5. The Morgan fingerprint density at radius 1 is 0.926 bits per heavy atom. The lowest BCUT2D eigenvalue weighted by Gasteiger charge is -2.23. The number of hydrogen-bond donors (Lipinski definition) is 2. The minimum atomic E-state index is -0.0911. The Balaban J connectivity index is 1.91. The molecule has 0 aliphatic rings. The highest BCUT2D eigenvalue weighted by Crippen LogP contribution is 2.37. The number of aromatic nitrogens is 2. The SMILES string of the molecule is COc1ccccc1[C@@H](Nc1cccc(C)n1)c1c(C)[nH]c2ccccc12. The molecule has 0 aliphatic heterocycles. The van der Waals surface area contributed by atoms with Crippen LogP contribution >= 0.6 is 0 Å². The third kappa shape index (κ3) is 3.26. The normalized spacial score (nSPS) is 12.1. The van der Waals surface area contributed by atoms with Crippen molar-refractivity contribution in [3.63, 3.8) is 0 Å². The van der Waals surface area contributed by atoms with Gasteiger partial charge in [0.1, 0.15) is 11.6 Å². The van der Waals surface area contributed by atoms with Gasteiger partial charge in [0.25, 0.3) is 0 Å². The predicted molar refractivity (Wildman–Crippen MR) is 110 cm³/mol. The van der Waals surface area contributed by atoms with Gasteiger partial charge >= 0.3 is 0 Å². The predicted octanol–water partition coefficient (Wildman–Crippen LogP) is 5.39. The molecule has 4 nitrogen and oxygen atoms in total. The first-order valence-corrected chi connectivity index (χ1v) is 9.07. The van der Waals surface area contributed by atoms with Crippen molar-refractivity contribution in [2.45, 2.75) is 19.9 Å². The van der Waals surface area contributed by atoms with E-state index >= 15 is 0 Å². The first-order valence-electron chi connectivity index (χ1n) is 9.07. The molecule has 4 rings (SSSR count). The van der Waals surface area contributed by atoms with Crippen LogP contribution in [0.15, 0.2) is 66.7 Å². The first kappa shape index (κ1) is 17.2. The molecule has 2 N–H and O–H groups in total. The summed E-state index contributed by atoms with van der Waals surface area (Å²) in [6.45, 7) is 4.11. The van der Waals surface area contributed by atoms with Crippen molar-refractivity contribution in [1.29, 1.82) is 0 Å². The summed E-state index contributed by atoms with van der Waals surface area (Å²) in [5.41, 5.74) is 5.53. The van der Waals surface area contributed by atoms with Gasteiger partial charge in [0, 0.05) is 33.4 Å². The monoisotopic (exact) mass is 357 g/mol. The van der Waals surface area contributed by atoms with E-state index in [1.165, 1.54) is 10.9 Å². The van der Waals surface area contributed by atoms with Crippen LogP contribution in [-0.4, -0.2) is 17.1 Å². The number of benzene rings is 2. The van der Waals surface area contributed by atoms with E-state index in [1.807, 2.05) is 43.3 Å². The second-order valence-electron chi connectivity index (χ2n) is 6.69. The Bertz CT molecular complexity index is 1080. The molecule has 0 spiro atoms. The number of pyridine rings is 1. The molecule has 2 heterocycles. The number of aryl methyl sites for hydroxylation is 2. The third-order valence-corrected chi connectivity index (χ3v) is 4.86. The van der Waals surface area contributed by atoms with Gasteiger partial charge in [-0.25, -0.2) is 4.98 Å². The number of H-pyrrole nitrogens is 1. The molecule has 4 aromatic rings. The highest BCUT2D eigenvalue weighted by Gasteiger charge is 2.24. The fraction of sp³-hybridized carbons (Fsp3) is 0.174. The van der Waals surface area contributed by atoms with Crippen molar-refractivity contribution in [3.8, 4) is 5.75 Å². The number of nitrogens with one attached hydrogen (secondary N) is 2. The van der Waals surface area contributed by atoms with Gasteiger partial charge in [-0.3, -0.25) is 0 Å². The number of anilines is 1.